The second-order valence-corrected chi connectivity index (χ2v) is 4.34. The molecule has 0 aromatic carbocycles. The molecule has 1 heterocycles. The minimum absolute atomic E-state index is 0.115. The zero-order valence-electron chi connectivity index (χ0n) is 9.44. The maximum absolute atomic E-state index is 11.8. The van der Waals surface area contributed by atoms with Gasteiger partial charge in [-0.1, -0.05) is 13.3 Å². The average molecular weight is 219 g/mol. The van der Waals surface area contributed by atoms with Crippen LogP contribution in [-0.4, -0.2) is 16.9 Å². The zero-order chi connectivity index (χ0) is 11.5. The van der Waals surface area contributed by atoms with E-state index in [0.717, 1.165) is 6.42 Å². The SMILES string of the molecule is CCCC1CC1NC(=O)c1cc(N)ccn1. The number of carbonyl (C=O) groups is 1. The van der Waals surface area contributed by atoms with Crippen LogP contribution < -0.4 is 11.1 Å². The van der Waals surface area contributed by atoms with E-state index in [1.54, 1.807) is 18.3 Å². The van der Waals surface area contributed by atoms with Crippen LogP contribution in [0, 0.1) is 5.92 Å². The monoisotopic (exact) mass is 219 g/mol. The fourth-order valence-corrected chi connectivity index (χ4v) is 1.93. The third kappa shape index (κ3) is 2.51. The molecule has 0 aliphatic heterocycles. The maximum Gasteiger partial charge on any atom is 0.270 e. The van der Waals surface area contributed by atoms with E-state index < -0.39 is 0 Å². The number of nitrogens with zero attached hydrogens (tertiary/aromatic N) is 1. The number of carbonyl (C=O) groups excluding carboxylic acids is 1. The largest absolute Gasteiger partial charge is 0.399 e. The summed E-state index contributed by atoms with van der Waals surface area (Å²) in [6.45, 7) is 2.16. The highest BCUT2D eigenvalue weighted by atomic mass is 16.2. The Labute approximate surface area is 95.3 Å². The fourth-order valence-electron chi connectivity index (χ4n) is 1.93. The maximum atomic E-state index is 11.8. The molecule has 1 amide bonds. The first kappa shape index (κ1) is 10.9. The van der Waals surface area contributed by atoms with Gasteiger partial charge in [0.25, 0.3) is 5.91 Å². The molecular formula is C12H17N3O. The number of nitrogens with one attached hydrogen (secondary N) is 1. The van der Waals surface area contributed by atoms with Crippen molar-refractivity contribution >= 4 is 11.6 Å². The molecule has 4 heteroatoms. The first-order valence-electron chi connectivity index (χ1n) is 5.73. The van der Waals surface area contributed by atoms with Gasteiger partial charge in [-0.2, -0.15) is 0 Å². The number of anilines is 1. The lowest BCUT2D eigenvalue weighted by molar-refractivity contribution is 0.0944. The second-order valence-electron chi connectivity index (χ2n) is 4.34. The van der Waals surface area contributed by atoms with Crippen LogP contribution in [0.4, 0.5) is 5.69 Å². The molecule has 1 aliphatic carbocycles. The third-order valence-electron chi connectivity index (χ3n) is 2.92. The smallest absolute Gasteiger partial charge is 0.270 e. The van der Waals surface area contributed by atoms with Crippen molar-refractivity contribution in [2.75, 3.05) is 5.73 Å². The number of nitrogen functional groups attached to an aromatic ring is 1. The zero-order valence-corrected chi connectivity index (χ0v) is 9.44. The molecule has 1 aromatic heterocycles. The van der Waals surface area contributed by atoms with Crippen molar-refractivity contribution in [3.63, 3.8) is 0 Å². The lowest BCUT2D eigenvalue weighted by Gasteiger charge is -2.04. The standard InChI is InChI=1S/C12H17N3O/c1-2-3-8-6-10(8)15-12(16)11-7-9(13)4-5-14-11/h4-5,7-8,10H,2-3,6H2,1H3,(H2,13,14)(H,15,16). The third-order valence-corrected chi connectivity index (χ3v) is 2.92. The molecule has 0 spiro atoms. The number of pyridine rings is 1. The first-order valence-corrected chi connectivity index (χ1v) is 5.73. The Balaban J connectivity index is 1.90. The Morgan fingerprint density at radius 3 is 3.19 bits per heavy atom. The number of nitrogens with two attached hydrogens (primary N) is 1. The van der Waals surface area contributed by atoms with Gasteiger partial charge in [0.1, 0.15) is 5.69 Å². The highest BCUT2D eigenvalue weighted by Crippen LogP contribution is 2.34. The van der Waals surface area contributed by atoms with Gasteiger partial charge < -0.3 is 11.1 Å². The summed E-state index contributed by atoms with van der Waals surface area (Å²) in [5.74, 6) is 0.547. The molecule has 2 unspecified atom stereocenters. The first-order chi connectivity index (χ1) is 7.70. The summed E-state index contributed by atoms with van der Waals surface area (Å²) in [6.07, 6.45) is 5.02. The topological polar surface area (TPSA) is 68.0 Å². The number of aromatic nitrogens is 1. The summed E-state index contributed by atoms with van der Waals surface area (Å²) in [7, 11) is 0. The van der Waals surface area contributed by atoms with Gasteiger partial charge in [-0.3, -0.25) is 9.78 Å². The summed E-state index contributed by atoms with van der Waals surface area (Å²) in [4.78, 5) is 15.8. The molecule has 16 heavy (non-hydrogen) atoms. The van der Waals surface area contributed by atoms with Crippen molar-refractivity contribution in [3.8, 4) is 0 Å². The van der Waals surface area contributed by atoms with E-state index in [9.17, 15) is 4.79 Å². The predicted octanol–water partition coefficient (Wildman–Crippen LogP) is 1.58. The average Bonchev–Trinajstić information content (AvgIpc) is 2.97. The molecule has 0 radical (unpaired) electrons. The lowest BCUT2D eigenvalue weighted by Crippen LogP contribution is -2.27. The summed E-state index contributed by atoms with van der Waals surface area (Å²) in [5.41, 5.74) is 6.57. The summed E-state index contributed by atoms with van der Waals surface area (Å²) in [6, 6.07) is 3.62. The Hall–Kier alpha value is -1.58. The molecule has 3 N–H and O–H groups in total. The molecule has 86 valence electrons. The molecule has 2 atom stereocenters. The fraction of sp³-hybridized carbons (Fsp3) is 0.500. The second kappa shape index (κ2) is 4.51. The van der Waals surface area contributed by atoms with Gasteiger partial charge in [-0.05, 0) is 30.9 Å². The molecule has 4 nitrogen and oxygen atoms in total. The van der Waals surface area contributed by atoms with Gasteiger partial charge in [0, 0.05) is 17.9 Å². The van der Waals surface area contributed by atoms with Gasteiger partial charge in [0.15, 0.2) is 0 Å². The van der Waals surface area contributed by atoms with Crippen molar-refractivity contribution in [3.05, 3.63) is 24.0 Å². The van der Waals surface area contributed by atoms with Gasteiger partial charge >= 0.3 is 0 Å². The van der Waals surface area contributed by atoms with Crippen molar-refractivity contribution < 1.29 is 4.79 Å². The molecule has 2 rings (SSSR count). The van der Waals surface area contributed by atoms with Crippen LogP contribution >= 0.6 is 0 Å². The minimum atomic E-state index is -0.115. The van der Waals surface area contributed by atoms with E-state index in [4.69, 9.17) is 5.73 Å². The number of hydrogen-bond acceptors (Lipinski definition) is 3. The minimum Gasteiger partial charge on any atom is -0.399 e. The van der Waals surface area contributed by atoms with E-state index in [-0.39, 0.29) is 5.91 Å². The number of hydrogen-bond donors (Lipinski definition) is 2. The molecule has 0 bridgehead atoms. The van der Waals surface area contributed by atoms with Gasteiger partial charge in [0.2, 0.25) is 0 Å². The predicted molar refractivity (Wildman–Crippen MR) is 62.9 cm³/mol. The van der Waals surface area contributed by atoms with Crippen molar-refractivity contribution in [1.82, 2.24) is 10.3 Å². The number of amides is 1. The molecule has 1 aromatic rings. The highest BCUT2D eigenvalue weighted by molar-refractivity contribution is 5.93. The quantitative estimate of drug-likeness (QED) is 0.808. The normalized spacial score (nSPS) is 22.8. The van der Waals surface area contributed by atoms with Crippen molar-refractivity contribution in [2.24, 2.45) is 5.92 Å². The molecule has 1 saturated carbocycles. The molecule has 0 saturated heterocycles. The van der Waals surface area contributed by atoms with Crippen LogP contribution in [0.1, 0.15) is 36.7 Å². The van der Waals surface area contributed by atoms with E-state index in [0.29, 0.717) is 23.3 Å². The number of rotatable bonds is 4. The molecule has 1 fully saturated rings. The highest BCUT2D eigenvalue weighted by Gasteiger charge is 2.37. The molecular weight excluding hydrogens is 202 g/mol. The van der Waals surface area contributed by atoms with Crippen LogP contribution in [0.25, 0.3) is 0 Å². The van der Waals surface area contributed by atoms with Gasteiger partial charge in [0.05, 0.1) is 0 Å². The Kier molecular flexibility index (Phi) is 3.08. The Morgan fingerprint density at radius 2 is 2.50 bits per heavy atom. The van der Waals surface area contributed by atoms with E-state index in [2.05, 4.69) is 17.2 Å². The van der Waals surface area contributed by atoms with Crippen molar-refractivity contribution in [2.45, 2.75) is 32.2 Å². The van der Waals surface area contributed by atoms with Crippen LogP contribution in [0.2, 0.25) is 0 Å². The van der Waals surface area contributed by atoms with E-state index >= 15 is 0 Å². The van der Waals surface area contributed by atoms with Crippen LogP contribution in [0.15, 0.2) is 18.3 Å². The Morgan fingerprint density at radius 1 is 1.69 bits per heavy atom. The molecule has 1 aliphatic rings. The van der Waals surface area contributed by atoms with Crippen molar-refractivity contribution in [1.29, 1.82) is 0 Å². The van der Waals surface area contributed by atoms with E-state index in [1.165, 1.54) is 12.8 Å². The lowest BCUT2D eigenvalue weighted by atomic mass is 10.2. The van der Waals surface area contributed by atoms with Gasteiger partial charge in [-0.15, -0.1) is 0 Å². The van der Waals surface area contributed by atoms with Crippen LogP contribution in [0.5, 0.6) is 0 Å². The summed E-state index contributed by atoms with van der Waals surface area (Å²) < 4.78 is 0. The summed E-state index contributed by atoms with van der Waals surface area (Å²) in [5, 5.41) is 2.98. The van der Waals surface area contributed by atoms with Gasteiger partial charge in [-0.25, -0.2) is 0 Å². The summed E-state index contributed by atoms with van der Waals surface area (Å²) >= 11 is 0. The Bertz CT molecular complexity index is 392. The van der Waals surface area contributed by atoms with Crippen LogP contribution in [-0.2, 0) is 0 Å². The van der Waals surface area contributed by atoms with E-state index in [1.807, 2.05) is 0 Å². The van der Waals surface area contributed by atoms with Crippen LogP contribution in [0.3, 0.4) is 0 Å².